The maximum Gasteiger partial charge on any atom is 0.0243 e. The first kappa shape index (κ1) is 13.9. The van der Waals surface area contributed by atoms with Crippen molar-refractivity contribution in [3.05, 3.63) is 0 Å². The van der Waals surface area contributed by atoms with Gasteiger partial charge in [-0.05, 0) is 32.9 Å². The largest absolute Gasteiger partial charge is 0.318 e. The van der Waals surface area contributed by atoms with Crippen molar-refractivity contribution in [3.8, 4) is 0 Å². The van der Waals surface area contributed by atoms with E-state index >= 15 is 0 Å². The van der Waals surface area contributed by atoms with Gasteiger partial charge in [0.25, 0.3) is 0 Å². The highest BCUT2D eigenvalue weighted by Crippen LogP contribution is 2.15. The number of hydrogen-bond donors (Lipinski definition) is 1. The average molecular weight is 200 g/mol. The number of nitrogens with one attached hydrogen (secondary N) is 1. The molecule has 0 bridgehead atoms. The molecule has 0 aromatic heterocycles. The lowest BCUT2D eigenvalue weighted by atomic mass is 9.99. The van der Waals surface area contributed by atoms with Gasteiger partial charge < -0.3 is 5.32 Å². The molecule has 2 nitrogen and oxygen atoms in total. The quantitative estimate of drug-likeness (QED) is 0.678. The summed E-state index contributed by atoms with van der Waals surface area (Å²) in [6, 6.07) is 1.39. The molecule has 86 valence electrons. The molecule has 0 saturated heterocycles. The Morgan fingerprint density at radius 3 is 1.93 bits per heavy atom. The molecule has 0 spiro atoms. The molecule has 0 aromatic rings. The first-order valence-corrected chi connectivity index (χ1v) is 5.94. The van der Waals surface area contributed by atoms with Gasteiger partial charge in [0.15, 0.2) is 0 Å². The van der Waals surface area contributed by atoms with Gasteiger partial charge in [0.05, 0.1) is 0 Å². The van der Waals surface area contributed by atoms with Gasteiger partial charge in [-0.15, -0.1) is 0 Å². The standard InChI is InChI=1S/C12H28N2/c1-7-11(8-2)14(6)12(9-13-5)10(3)4/h10-13H,7-9H2,1-6H3. The molecule has 0 aliphatic heterocycles. The van der Waals surface area contributed by atoms with Crippen LogP contribution in [0.25, 0.3) is 0 Å². The lowest BCUT2D eigenvalue weighted by Crippen LogP contribution is -2.47. The predicted molar refractivity (Wildman–Crippen MR) is 64.7 cm³/mol. The number of hydrogen-bond acceptors (Lipinski definition) is 2. The maximum absolute atomic E-state index is 3.29. The molecule has 0 heterocycles. The van der Waals surface area contributed by atoms with Crippen LogP contribution in [-0.2, 0) is 0 Å². The summed E-state index contributed by atoms with van der Waals surface area (Å²) in [7, 11) is 4.30. The van der Waals surface area contributed by atoms with Gasteiger partial charge >= 0.3 is 0 Å². The Labute approximate surface area is 90.1 Å². The van der Waals surface area contributed by atoms with Gasteiger partial charge in [0.2, 0.25) is 0 Å². The van der Waals surface area contributed by atoms with E-state index in [2.05, 4.69) is 45.0 Å². The molecule has 1 unspecified atom stereocenters. The summed E-state index contributed by atoms with van der Waals surface area (Å²) in [6.07, 6.45) is 2.50. The highest BCUT2D eigenvalue weighted by Gasteiger charge is 2.22. The SMILES string of the molecule is CCC(CC)N(C)C(CNC)C(C)C. The Balaban J connectivity index is 4.32. The molecule has 0 aliphatic carbocycles. The number of rotatable bonds is 7. The van der Waals surface area contributed by atoms with E-state index in [4.69, 9.17) is 0 Å². The van der Waals surface area contributed by atoms with Gasteiger partial charge in [-0.2, -0.15) is 0 Å². The molecular formula is C12H28N2. The Kier molecular flexibility index (Phi) is 7.20. The van der Waals surface area contributed by atoms with Gasteiger partial charge in [-0.3, -0.25) is 4.90 Å². The molecule has 0 radical (unpaired) electrons. The highest BCUT2D eigenvalue weighted by atomic mass is 15.2. The molecule has 1 N–H and O–H groups in total. The number of likely N-dealkylation sites (N-methyl/N-ethyl adjacent to an activating group) is 2. The van der Waals surface area contributed by atoms with Crippen LogP contribution >= 0.6 is 0 Å². The van der Waals surface area contributed by atoms with Gasteiger partial charge in [-0.25, -0.2) is 0 Å². The molecule has 2 heteroatoms. The molecule has 0 saturated carbocycles. The van der Waals surface area contributed by atoms with Gasteiger partial charge in [-0.1, -0.05) is 27.7 Å². The summed E-state index contributed by atoms with van der Waals surface area (Å²) >= 11 is 0. The van der Waals surface area contributed by atoms with Crippen LogP contribution in [-0.4, -0.2) is 37.6 Å². The summed E-state index contributed by atoms with van der Waals surface area (Å²) in [4.78, 5) is 2.54. The molecule has 14 heavy (non-hydrogen) atoms. The molecule has 0 aromatic carbocycles. The van der Waals surface area contributed by atoms with Crippen molar-refractivity contribution in [2.24, 2.45) is 5.92 Å². The van der Waals surface area contributed by atoms with E-state index in [1.807, 2.05) is 7.05 Å². The van der Waals surface area contributed by atoms with Crippen LogP contribution in [0.5, 0.6) is 0 Å². The summed E-state index contributed by atoms with van der Waals surface area (Å²) in [5.41, 5.74) is 0. The Morgan fingerprint density at radius 2 is 1.64 bits per heavy atom. The first-order valence-electron chi connectivity index (χ1n) is 5.94. The molecule has 0 aliphatic rings. The fraction of sp³-hybridized carbons (Fsp3) is 1.00. The van der Waals surface area contributed by atoms with Crippen LogP contribution in [0.1, 0.15) is 40.5 Å². The van der Waals surface area contributed by atoms with Gasteiger partial charge in [0, 0.05) is 18.6 Å². The van der Waals surface area contributed by atoms with Crippen molar-refractivity contribution in [3.63, 3.8) is 0 Å². The molecular weight excluding hydrogens is 172 g/mol. The summed E-state index contributed by atoms with van der Waals surface area (Å²) in [5, 5.41) is 3.29. The molecule has 0 rings (SSSR count). The average Bonchev–Trinajstić information content (AvgIpc) is 2.15. The van der Waals surface area contributed by atoms with E-state index in [9.17, 15) is 0 Å². The van der Waals surface area contributed by atoms with E-state index in [0.29, 0.717) is 12.0 Å². The Bertz CT molecular complexity index is 130. The van der Waals surface area contributed by atoms with E-state index < -0.39 is 0 Å². The highest BCUT2D eigenvalue weighted by molar-refractivity contribution is 4.78. The van der Waals surface area contributed by atoms with Crippen LogP contribution in [0.15, 0.2) is 0 Å². The van der Waals surface area contributed by atoms with Crippen molar-refractivity contribution >= 4 is 0 Å². The smallest absolute Gasteiger partial charge is 0.0243 e. The summed E-state index contributed by atoms with van der Waals surface area (Å²) < 4.78 is 0. The first-order chi connectivity index (χ1) is 6.58. The number of nitrogens with zero attached hydrogens (tertiary/aromatic N) is 1. The molecule has 1 atom stereocenters. The monoisotopic (exact) mass is 200 g/mol. The van der Waals surface area contributed by atoms with Crippen LogP contribution in [0.4, 0.5) is 0 Å². The Hall–Kier alpha value is -0.0800. The fourth-order valence-corrected chi connectivity index (χ4v) is 2.19. The topological polar surface area (TPSA) is 15.3 Å². The Morgan fingerprint density at radius 1 is 1.14 bits per heavy atom. The van der Waals surface area contributed by atoms with Crippen molar-refractivity contribution in [2.75, 3.05) is 20.6 Å². The minimum atomic E-state index is 0.657. The zero-order valence-corrected chi connectivity index (χ0v) is 10.8. The predicted octanol–water partition coefficient (Wildman–Crippen LogP) is 2.35. The van der Waals surface area contributed by atoms with Crippen LogP contribution < -0.4 is 5.32 Å². The van der Waals surface area contributed by atoms with Crippen molar-refractivity contribution in [1.82, 2.24) is 10.2 Å². The van der Waals surface area contributed by atoms with Crippen molar-refractivity contribution in [2.45, 2.75) is 52.6 Å². The van der Waals surface area contributed by atoms with Crippen LogP contribution in [0, 0.1) is 5.92 Å². The maximum atomic E-state index is 3.29. The van der Waals surface area contributed by atoms with Crippen LogP contribution in [0.3, 0.4) is 0 Å². The molecule has 0 amide bonds. The second-order valence-corrected chi connectivity index (χ2v) is 4.50. The van der Waals surface area contributed by atoms with Crippen molar-refractivity contribution < 1.29 is 0 Å². The fourth-order valence-electron chi connectivity index (χ4n) is 2.19. The van der Waals surface area contributed by atoms with Crippen LogP contribution in [0.2, 0.25) is 0 Å². The third kappa shape index (κ3) is 3.97. The molecule has 0 fully saturated rings. The summed E-state index contributed by atoms with van der Waals surface area (Å²) in [6.45, 7) is 10.3. The van der Waals surface area contributed by atoms with Gasteiger partial charge in [0.1, 0.15) is 0 Å². The minimum Gasteiger partial charge on any atom is -0.318 e. The van der Waals surface area contributed by atoms with E-state index in [0.717, 1.165) is 12.6 Å². The second kappa shape index (κ2) is 7.24. The third-order valence-electron chi connectivity index (χ3n) is 3.22. The second-order valence-electron chi connectivity index (χ2n) is 4.50. The normalized spacial score (nSPS) is 14.4. The third-order valence-corrected chi connectivity index (χ3v) is 3.22. The van der Waals surface area contributed by atoms with E-state index in [1.165, 1.54) is 12.8 Å². The lowest BCUT2D eigenvalue weighted by Gasteiger charge is -2.36. The summed E-state index contributed by atoms with van der Waals surface area (Å²) in [5.74, 6) is 0.716. The van der Waals surface area contributed by atoms with Crippen molar-refractivity contribution in [1.29, 1.82) is 0 Å². The zero-order valence-electron chi connectivity index (χ0n) is 10.8. The minimum absolute atomic E-state index is 0.657. The zero-order chi connectivity index (χ0) is 11.1. The van der Waals surface area contributed by atoms with E-state index in [-0.39, 0.29) is 0 Å². The lowest BCUT2D eigenvalue weighted by molar-refractivity contribution is 0.128. The van der Waals surface area contributed by atoms with E-state index in [1.54, 1.807) is 0 Å².